The molecule has 3 aromatic rings. The lowest BCUT2D eigenvalue weighted by molar-refractivity contribution is 0.212. The van der Waals surface area contributed by atoms with Gasteiger partial charge >= 0.3 is 11.7 Å². The number of nitrogens with one attached hydrogen (secondary N) is 1. The molecule has 0 spiro atoms. The summed E-state index contributed by atoms with van der Waals surface area (Å²) in [6, 6.07) is 4.86. The van der Waals surface area contributed by atoms with Gasteiger partial charge < -0.3 is 10.6 Å². The minimum absolute atomic E-state index is 0.0156. The van der Waals surface area contributed by atoms with Crippen molar-refractivity contribution in [3.63, 3.8) is 0 Å². The van der Waals surface area contributed by atoms with Crippen LogP contribution in [0.4, 0.5) is 15.0 Å². The van der Waals surface area contributed by atoms with E-state index in [0.717, 1.165) is 4.57 Å². The van der Waals surface area contributed by atoms with E-state index in [9.17, 15) is 18.2 Å². The van der Waals surface area contributed by atoms with Gasteiger partial charge in [-0.2, -0.15) is 4.98 Å². The normalized spacial score (nSPS) is 13.3. The summed E-state index contributed by atoms with van der Waals surface area (Å²) in [6.07, 6.45) is 0. The molecule has 0 saturated heterocycles. The fraction of sp³-hybridized carbons (Fsp3) is 0.333. The maximum atomic E-state index is 13.3. The van der Waals surface area contributed by atoms with Crippen LogP contribution in [0.2, 0.25) is 0 Å². The Morgan fingerprint density at radius 3 is 2.47 bits per heavy atom. The van der Waals surface area contributed by atoms with Crippen LogP contribution in [0.25, 0.3) is 11.2 Å². The predicted octanol–water partition coefficient (Wildman–Crippen LogP) is 1.71. The highest BCUT2D eigenvalue weighted by molar-refractivity contribution is 7.92. The van der Waals surface area contributed by atoms with Crippen LogP contribution >= 0.6 is 0 Å². The molecule has 0 aliphatic carbocycles. The third kappa shape index (κ3) is 3.65. The standard InChI is InChI=1S/C18H22FN7O3S/c1-4-24(3)17(27)26-13-14(20)22-16(30(21,29)5-2)23-15(13)25(18(26)28)10-11-6-8-12(19)9-7-11/h6-9,21H,4-5,10H2,1-3H3,(H2,20,22,23)/t30-/m0/s1. The van der Waals surface area contributed by atoms with Crippen LogP contribution in [0.5, 0.6) is 0 Å². The fourth-order valence-corrected chi connectivity index (χ4v) is 3.56. The van der Waals surface area contributed by atoms with Gasteiger partial charge in [0.1, 0.15) is 21.1 Å². The Hall–Kier alpha value is -3.28. The minimum Gasteiger partial charge on any atom is -0.382 e. The zero-order valence-corrected chi connectivity index (χ0v) is 17.6. The summed E-state index contributed by atoms with van der Waals surface area (Å²) in [5.41, 5.74) is 5.85. The molecule has 1 atom stereocenters. The van der Waals surface area contributed by atoms with E-state index in [0.29, 0.717) is 12.1 Å². The van der Waals surface area contributed by atoms with E-state index < -0.39 is 27.3 Å². The third-order valence-corrected chi connectivity index (χ3v) is 6.31. The van der Waals surface area contributed by atoms with Crippen molar-refractivity contribution < 1.29 is 13.4 Å². The van der Waals surface area contributed by atoms with E-state index >= 15 is 0 Å². The molecule has 0 unspecified atom stereocenters. The molecule has 0 bridgehead atoms. The van der Waals surface area contributed by atoms with Crippen LogP contribution in [0.15, 0.2) is 34.2 Å². The van der Waals surface area contributed by atoms with Crippen molar-refractivity contribution in [2.45, 2.75) is 25.5 Å². The highest BCUT2D eigenvalue weighted by Gasteiger charge is 2.26. The number of fused-ring (bicyclic) bond motifs is 1. The van der Waals surface area contributed by atoms with Crippen LogP contribution in [0.1, 0.15) is 19.4 Å². The van der Waals surface area contributed by atoms with Crippen molar-refractivity contribution in [2.24, 2.45) is 0 Å². The molecule has 160 valence electrons. The predicted molar refractivity (Wildman–Crippen MR) is 110 cm³/mol. The minimum atomic E-state index is -3.32. The average Bonchev–Trinajstić information content (AvgIpc) is 3.00. The van der Waals surface area contributed by atoms with E-state index in [2.05, 4.69) is 9.97 Å². The molecule has 3 rings (SSSR count). The Balaban J connectivity index is 2.34. The quantitative estimate of drug-likeness (QED) is 0.585. The maximum Gasteiger partial charge on any atom is 0.339 e. The SMILES string of the molecule is CCN(C)C(=O)n1c(=O)n(Cc2ccc(F)cc2)c2nc([S@@](=N)(=O)CC)nc(N)c21. The van der Waals surface area contributed by atoms with Gasteiger partial charge in [-0.3, -0.25) is 4.57 Å². The van der Waals surface area contributed by atoms with Crippen molar-refractivity contribution in [3.8, 4) is 0 Å². The second-order valence-electron chi connectivity index (χ2n) is 6.65. The van der Waals surface area contributed by atoms with Crippen LogP contribution in [0, 0.1) is 10.6 Å². The molecule has 1 amide bonds. The number of amides is 1. The summed E-state index contributed by atoms with van der Waals surface area (Å²) >= 11 is 0. The molecular weight excluding hydrogens is 413 g/mol. The Labute approximate surface area is 172 Å². The maximum absolute atomic E-state index is 13.3. The van der Waals surface area contributed by atoms with E-state index in [1.807, 2.05) is 0 Å². The summed E-state index contributed by atoms with van der Waals surface area (Å²) in [6.45, 7) is 3.60. The number of hydrogen-bond acceptors (Lipinski definition) is 7. The number of anilines is 1. The molecule has 10 nitrogen and oxygen atoms in total. The Kier molecular flexibility index (Phi) is 5.61. The van der Waals surface area contributed by atoms with E-state index in [1.54, 1.807) is 13.8 Å². The van der Waals surface area contributed by atoms with Gasteiger partial charge in [0.2, 0.25) is 5.16 Å². The van der Waals surface area contributed by atoms with E-state index in [4.69, 9.17) is 10.5 Å². The number of benzene rings is 1. The van der Waals surface area contributed by atoms with Gasteiger partial charge in [-0.05, 0) is 24.6 Å². The highest BCUT2D eigenvalue weighted by atomic mass is 32.2. The molecule has 0 aliphatic heterocycles. The van der Waals surface area contributed by atoms with Gasteiger partial charge in [0.25, 0.3) is 0 Å². The van der Waals surface area contributed by atoms with Crippen LogP contribution in [0.3, 0.4) is 0 Å². The van der Waals surface area contributed by atoms with Crippen molar-refractivity contribution in [2.75, 3.05) is 25.1 Å². The number of imidazole rings is 1. The third-order valence-electron chi connectivity index (χ3n) is 4.72. The first-order valence-corrected chi connectivity index (χ1v) is 10.9. The molecule has 0 radical (unpaired) electrons. The van der Waals surface area contributed by atoms with Crippen molar-refractivity contribution in [1.29, 1.82) is 4.78 Å². The van der Waals surface area contributed by atoms with Gasteiger partial charge in [0, 0.05) is 19.3 Å². The number of hydrogen-bond donors (Lipinski definition) is 2. The van der Waals surface area contributed by atoms with Crippen LogP contribution in [-0.4, -0.2) is 53.6 Å². The van der Waals surface area contributed by atoms with Crippen molar-refractivity contribution in [1.82, 2.24) is 24.0 Å². The number of aromatic nitrogens is 4. The van der Waals surface area contributed by atoms with Crippen molar-refractivity contribution in [3.05, 3.63) is 46.1 Å². The molecule has 12 heteroatoms. The first kappa shape index (κ1) is 21.4. The monoisotopic (exact) mass is 435 g/mol. The zero-order chi connectivity index (χ0) is 22.2. The second-order valence-corrected chi connectivity index (χ2v) is 8.95. The van der Waals surface area contributed by atoms with Crippen molar-refractivity contribution >= 4 is 32.7 Å². The van der Waals surface area contributed by atoms with Gasteiger partial charge in [-0.25, -0.2) is 32.5 Å². The Morgan fingerprint density at radius 2 is 1.90 bits per heavy atom. The Morgan fingerprint density at radius 1 is 1.27 bits per heavy atom. The molecule has 1 aromatic carbocycles. The first-order chi connectivity index (χ1) is 14.1. The Bertz CT molecular complexity index is 1280. The summed E-state index contributed by atoms with van der Waals surface area (Å²) in [5.74, 6) is -0.700. The first-order valence-electron chi connectivity index (χ1n) is 9.15. The number of nitrogens with two attached hydrogens (primary N) is 1. The second kappa shape index (κ2) is 7.86. The number of halogens is 1. The van der Waals surface area contributed by atoms with E-state index in [1.165, 1.54) is 40.8 Å². The molecular formula is C18H22FN7O3S. The van der Waals surface area contributed by atoms with Crippen LogP contribution in [-0.2, 0) is 16.3 Å². The van der Waals surface area contributed by atoms with Gasteiger partial charge in [0.15, 0.2) is 11.5 Å². The molecule has 30 heavy (non-hydrogen) atoms. The van der Waals surface area contributed by atoms with E-state index in [-0.39, 0.29) is 34.4 Å². The number of carbonyl (C=O) groups excluding carboxylic acids is 1. The van der Waals surface area contributed by atoms with Crippen LogP contribution < -0.4 is 11.4 Å². The lowest BCUT2D eigenvalue weighted by atomic mass is 10.2. The summed E-state index contributed by atoms with van der Waals surface area (Å²) < 4.78 is 35.8. The summed E-state index contributed by atoms with van der Waals surface area (Å²) in [5, 5.41) is -0.309. The summed E-state index contributed by atoms with van der Waals surface area (Å²) in [7, 11) is -1.80. The topological polar surface area (TPSA) is 140 Å². The van der Waals surface area contributed by atoms with Gasteiger partial charge in [-0.15, -0.1) is 0 Å². The number of carbonyl (C=O) groups is 1. The largest absolute Gasteiger partial charge is 0.382 e. The fourth-order valence-electron chi connectivity index (χ4n) is 2.82. The molecule has 2 aromatic heterocycles. The molecule has 3 N–H and O–H groups in total. The van der Waals surface area contributed by atoms with Gasteiger partial charge in [-0.1, -0.05) is 19.1 Å². The lowest BCUT2D eigenvalue weighted by Gasteiger charge is -2.14. The van der Waals surface area contributed by atoms with Gasteiger partial charge in [0.05, 0.1) is 6.54 Å². The summed E-state index contributed by atoms with van der Waals surface area (Å²) in [4.78, 5) is 35.5. The highest BCUT2D eigenvalue weighted by Crippen LogP contribution is 2.21. The molecule has 0 saturated carbocycles. The smallest absolute Gasteiger partial charge is 0.339 e. The number of rotatable bonds is 5. The number of nitrogen functional groups attached to an aromatic ring is 1. The lowest BCUT2D eigenvalue weighted by Crippen LogP contribution is -2.38. The number of nitrogens with zero attached hydrogens (tertiary/aromatic N) is 5. The molecule has 2 heterocycles. The zero-order valence-electron chi connectivity index (χ0n) is 16.8. The molecule has 0 fully saturated rings. The molecule has 0 aliphatic rings. The average molecular weight is 435 g/mol.